The van der Waals surface area contributed by atoms with Crippen LogP contribution in [0.1, 0.15) is 55.1 Å². The van der Waals surface area contributed by atoms with Gasteiger partial charge >= 0.3 is 0 Å². The molecule has 2 aliphatic rings. The summed E-state index contributed by atoms with van der Waals surface area (Å²) < 4.78 is 7.73. The molecule has 0 amide bonds. The smallest absolute Gasteiger partial charge is 0.174 e. The molecule has 1 saturated carbocycles. The van der Waals surface area contributed by atoms with Gasteiger partial charge in [-0.25, -0.2) is 0 Å². The molecule has 2 fully saturated rings. The summed E-state index contributed by atoms with van der Waals surface area (Å²) in [4.78, 5) is 6.85. The van der Waals surface area contributed by atoms with Crippen LogP contribution in [0.3, 0.4) is 0 Å². The van der Waals surface area contributed by atoms with E-state index in [1.54, 1.807) is 7.11 Å². The third kappa shape index (κ3) is 3.45. The molecule has 3 heterocycles. The molecule has 5 nitrogen and oxygen atoms in total. The second-order valence-corrected chi connectivity index (χ2v) is 8.41. The summed E-state index contributed by atoms with van der Waals surface area (Å²) in [7, 11) is 1.68. The van der Waals surface area contributed by atoms with Crippen molar-refractivity contribution in [3.8, 4) is 5.75 Å². The standard InChI is InChI=1S/C24H26N4OS/c1-29-20-11-9-19(10-12-20)28-23(17-13-15-27(16-17)18-6-2-3-7-18)22(26-24(28)30)21-8-4-5-14-25-21/h4-5,8-16,18,22-23H,2-3,6-7H2,1H3,(H,26,30)/t22-,23-/m1/s1. The van der Waals surface area contributed by atoms with Crippen LogP contribution in [0, 0.1) is 0 Å². The molecule has 2 atom stereocenters. The molecule has 6 heteroatoms. The number of hydrogen-bond acceptors (Lipinski definition) is 3. The molecule has 1 saturated heterocycles. The van der Waals surface area contributed by atoms with Gasteiger partial charge in [-0.05, 0) is 73.1 Å². The van der Waals surface area contributed by atoms with Crippen LogP contribution in [0.25, 0.3) is 0 Å². The average molecular weight is 419 g/mol. The Morgan fingerprint density at radius 3 is 2.57 bits per heavy atom. The van der Waals surface area contributed by atoms with Gasteiger partial charge in [-0.3, -0.25) is 4.98 Å². The van der Waals surface area contributed by atoms with E-state index in [1.807, 2.05) is 30.5 Å². The van der Waals surface area contributed by atoms with E-state index in [-0.39, 0.29) is 12.1 Å². The first kappa shape index (κ1) is 19.1. The van der Waals surface area contributed by atoms with Gasteiger partial charge in [0.15, 0.2) is 5.11 Å². The summed E-state index contributed by atoms with van der Waals surface area (Å²) in [5.74, 6) is 0.835. The number of rotatable bonds is 5. The van der Waals surface area contributed by atoms with Gasteiger partial charge in [-0.1, -0.05) is 18.9 Å². The Labute approximate surface area is 182 Å². The van der Waals surface area contributed by atoms with E-state index < -0.39 is 0 Å². The summed E-state index contributed by atoms with van der Waals surface area (Å²) in [6.07, 6.45) is 11.6. The Balaban J connectivity index is 1.55. The first-order valence-corrected chi connectivity index (χ1v) is 11.0. The van der Waals surface area contributed by atoms with Gasteiger partial charge in [0.05, 0.1) is 24.9 Å². The second kappa shape index (κ2) is 8.11. The molecule has 0 bridgehead atoms. The van der Waals surface area contributed by atoms with Crippen molar-refractivity contribution in [2.24, 2.45) is 0 Å². The van der Waals surface area contributed by atoms with E-state index in [4.69, 9.17) is 17.0 Å². The van der Waals surface area contributed by atoms with Gasteiger partial charge in [0, 0.05) is 30.3 Å². The summed E-state index contributed by atoms with van der Waals surface area (Å²) in [5.41, 5.74) is 3.29. The highest BCUT2D eigenvalue weighted by molar-refractivity contribution is 7.80. The van der Waals surface area contributed by atoms with E-state index in [0.29, 0.717) is 6.04 Å². The van der Waals surface area contributed by atoms with Gasteiger partial charge < -0.3 is 19.5 Å². The molecule has 0 unspecified atom stereocenters. The van der Waals surface area contributed by atoms with Crippen LogP contribution in [-0.2, 0) is 0 Å². The number of methoxy groups -OCH3 is 1. The summed E-state index contributed by atoms with van der Waals surface area (Å²) >= 11 is 5.80. The van der Waals surface area contributed by atoms with Crippen molar-refractivity contribution in [3.63, 3.8) is 0 Å². The zero-order valence-electron chi connectivity index (χ0n) is 17.1. The Morgan fingerprint density at radius 1 is 1.07 bits per heavy atom. The molecular weight excluding hydrogens is 392 g/mol. The first-order chi connectivity index (χ1) is 14.7. The summed E-state index contributed by atoms with van der Waals surface area (Å²) in [6, 6.07) is 17.0. The van der Waals surface area contributed by atoms with Crippen LogP contribution in [0.4, 0.5) is 5.69 Å². The lowest BCUT2D eigenvalue weighted by Gasteiger charge is -2.27. The number of anilines is 1. The Hall–Kier alpha value is -2.86. The summed E-state index contributed by atoms with van der Waals surface area (Å²) in [6.45, 7) is 0. The molecule has 0 spiro atoms. The van der Waals surface area contributed by atoms with E-state index in [9.17, 15) is 0 Å². The van der Waals surface area contributed by atoms with Gasteiger partial charge in [0.25, 0.3) is 0 Å². The highest BCUT2D eigenvalue weighted by atomic mass is 32.1. The van der Waals surface area contributed by atoms with Gasteiger partial charge in [-0.15, -0.1) is 0 Å². The largest absolute Gasteiger partial charge is 0.497 e. The molecule has 3 aromatic rings. The maximum Gasteiger partial charge on any atom is 0.174 e. The van der Waals surface area contributed by atoms with Crippen molar-refractivity contribution in [3.05, 3.63) is 78.4 Å². The lowest BCUT2D eigenvalue weighted by molar-refractivity contribution is 0.415. The summed E-state index contributed by atoms with van der Waals surface area (Å²) in [5, 5.41) is 4.25. The number of thiocarbonyl (C=S) groups is 1. The minimum Gasteiger partial charge on any atom is -0.497 e. The molecule has 1 aliphatic carbocycles. The molecule has 154 valence electrons. The topological polar surface area (TPSA) is 42.3 Å². The molecule has 5 rings (SSSR count). The van der Waals surface area contributed by atoms with Gasteiger partial charge in [0.2, 0.25) is 0 Å². The van der Waals surface area contributed by atoms with Crippen LogP contribution >= 0.6 is 12.2 Å². The van der Waals surface area contributed by atoms with E-state index in [1.165, 1.54) is 31.2 Å². The number of aromatic nitrogens is 2. The number of hydrogen-bond donors (Lipinski definition) is 1. The zero-order valence-corrected chi connectivity index (χ0v) is 17.9. The van der Waals surface area contributed by atoms with E-state index in [2.05, 4.69) is 56.4 Å². The van der Waals surface area contributed by atoms with Gasteiger partial charge in [0.1, 0.15) is 5.75 Å². The van der Waals surface area contributed by atoms with Crippen molar-refractivity contribution in [1.82, 2.24) is 14.9 Å². The molecule has 0 radical (unpaired) electrons. The Morgan fingerprint density at radius 2 is 1.87 bits per heavy atom. The maximum atomic E-state index is 5.80. The van der Waals surface area contributed by atoms with Crippen LogP contribution in [-0.4, -0.2) is 21.8 Å². The van der Waals surface area contributed by atoms with Gasteiger partial charge in [-0.2, -0.15) is 0 Å². The maximum absolute atomic E-state index is 5.80. The van der Waals surface area contributed by atoms with Crippen molar-refractivity contribution in [2.45, 2.75) is 43.8 Å². The number of nitrogens with zero attached hydrogens (tertiary/aromatic N) is 3. The molecule has 1 aromatic carbocycles. The molecule has 30 heavy (non-hydrogen) atoms. The number of ether oxygens (including phenoxy) is 1. The highest BCUT2D eigenvalue weighted by Gasteiger charge is 2.41. The molecule has 2 aromatic heterocycles. The predicted molar refractivity (Wildman–Crippen MR) is 123 cm³/mol. The quantitative estimate of drug-likeness (QED) is 0.578. The highest BCUT2D eigenvalue weighted by Crippen LogP contribution is 2.42. The lowest BCUT2D eigenvalue weighted by Crippen LogP contribution is -2.29. The normalized spacial score (nSPS) is 21.8. The van der Waals surface area contributed by atoms with E-state index in [0.717, 1.165) is 22.2 Å². The third-order valence-corrected chi connectivity index (χ3v) is 6.59. The average Bonchev–Trinajstić information content (AvgIpc) is 3.54. The third-order valence-electron chi connectivity index (χ3n) is 6.27. The Bertz CT molecular complexity index is 1010. The minimum absolute atomic E-state index is 0.0137. The Kier molecular flexibility index (Phi) is 5.17. The van der Waals surface area contributed by atoms with Crippen molar-refractivity contribution in [1.29, 1.82) is 0 Å². The number of benzene rings is 1. The SMILES string of the molecule is COc1ccc(N2C(=S)N[C@H](c3ccccn3)[C@H]2c2ccn(C3CCCC3)c2)cc1. The number of pyridine rings is 1. The van der Waals surface area contributed by atoms with Crippen molar-refractivity contribution >= 4 is 23.0 Å². The number of nitrogens with one attached hydrogen (secondary N) is 1. The van der Waals surface area contributed by atoms with Crippen LogP contribution < -0.4 is 15.0 Å². The van der Waals surface area contributed by atoms with Crippen LogP contribution in [0.2, 0.25) is 0 Å². The van der Waals surface area contributed by atoms with E-state index >= 15 is 0 Å². The fourth-order valence-corrected chi connectivity index (χ4v) is 5.10. The fraction of sp³-hybridized carbons (Fsp3) is 0.333. The van der Waals surface area contributed by atoms with Crippen LogP contribution in [0.15, 0.2) is 67.1 Å². The van der Waals surface area contributed by atoms with Crippen molar-refractivity contribution in [2.75, 3.05) is 12.0 Å². The minimum atomic E-state index is -0.0137. The first-order valence-electron chi connectivity index (χ1n) is 10.6. The van der Waals surface area contributed by atoms with Crippen LogP contribution in [0.5, 0.6) is 5.75 Å². The molecule has 1 N–H and O–H groups in total. The lowest BCUT2D eigenvalue weighted by atomic mass is 9.98. The molecule has 1 aliphatic heterocycles. The zero-order chi connectivity index (χ0) is 20.5. The fourth-order valence-electron chi connectivity index (χ4n) is 4.75. The molecular formula is C24H26N4OS. The predicted octanol–water partition coefficient (Wildman–Crippen LogP) is 5.18. The van der Waals surface area contributed by atoms with Crippen molar-refractivity contribution < 1.29 is 4.74 Å². The monoisotopic (exact) mass is 418 g/mol. The second-order valence-electron chi connectivity index (χ2n) is 8.02.